The number of benzene rings is 2. The molecule has 0 atom stereocenters. The number of hydrogen-bond donors (Lipinski definition) is 0. The monoisotopic (exact) mass is 617 g/mol. The lowest BCUT2D eigenvalue weighted by molar-refractivity contribution is 0.582. The van der Waals surface area contributed by atoms with E-state index in [1.54, 1.807) is 18.2 Å². The van der Waals surface area contributed by atoms with E-state index in [2.05, 4.69) is 24.4 Å². The van der Waals surface area contributed by atoms with Crippen molar-refractivity contribution in [3.05, 3.63) is 149 Å². The molecule has 216 valence electrons. The maximum absolute atomic E-state index is 17.2. The molecule has 47 heavy (non-hydrogen) atoms. The van der Waals surface area contributed by atoms with Crippen LogP contribution in [0.2, 0.25) is 0 Å². The maximum atomic E-state index is 17.2. The molecule has 5 rings (SSSR count). The molecule has 2 aliphatic carbocycles. The number of allylic oxidation sites excluding steroid dienone is 7. The van der Waals surface area contributed by atoms with Crippen LogP contribution in [0.4, 0.5) is 23.2 Å². The summed E-state index contributed by atoms with van der Waals surface area (Å²) >= 11 is 0. The summed E-state index contributed by atoms with van der Waals surface area (Å²) in [5, 5.41) is 39.9. The fraction of sp³-hybridized carbons (Fsp3) is 0.0294. The molecule has 0 amide bonds. The maximum Gasteiger partial charge on any atom is 0.270 e. The third-order valence-electron chi connectivity index (χ3n) is 7.46. The van der Waals surface area contributed by atoms with Gasteiger partial charge in [-0.2, -0.15) is 14.9 Å². The molecule has 13 heteroatoms. The van der Waals surface area contributed by atoms with Crippen molar-refractivity contribution in [1.82, 2.24) is 4.98 Å². The van der Waals surface area contributed by atoms with Gasteiger partial charge in [0.05, 0.1) is 44.0 Å². The van der Waals surface area contributed by atoms with Gasteiger partial charge in [-0.3, -0.25) is 0 Å². The first kappa shape index (κ1) is 30.6. The van der Waals surface area contributed by atoms with Gasteiger partial charge in [-0.1, -0.05) is 0 Å². The first-order chi connectivity index (χ1) is 22.6. The van der Waals surface area contributed by atoms with Crippen molar-refractivity contribution in [3.63, 3.8) is 0 Å². The zero-order valence-electron chi connectivity index (χ0n) is 23.3. The minimum absolute atomic E-state index is 0.0579. The summed E-state index contributed by atoms with van der Waals surface area (Å²) in [4.78, 5) is 16.1. The van der Waals surface area contributed by atoms with Gasteiger partial charge >= 0.3 is 0 Å². The molecule has 0 bridgehead atoms. The summed E-state index contributed by atoms with van der Waals surface area (Å²) in [5.41, 5.74) is -8.22. The van der Waals surface area contributed by atoms with Crippen LogP contribution in [0.1, 0.15) is 44.6 Å². The molecule has 2 aliphatic rings. The van der Waals surface area contributed by atoms with Gasteiger partial charge in [0.2, 0.25) is 17.3 Å². The molecule has 0 saturated heterocycles. The highest BCUT2D eigenvalue weighted by Crippen LogP contribution is 2.58. The zero-order valence-corrected chi connectivity index (χ0v) is 23.3. The molecular weight excluding hydrogens is 610 g/mol. The second-order valence-electron chi connectivity index (χ2n) is 9.57. The predicted octanol–water partition coefficient (Wildman–Crippen LogP) is 7.93. The van der Waals surface area contributed by atoms with Crippen molar-refractivity contribution >= 4 is 39.2 Å². The molecule has 0 N–H and O–H groups in total. The Labute approximate surface area is 263 Å². The van der Waals surface area contributed by atoms with Crippen molar-refractivity contribution in [2.24, 2.45) is 0 Å². The average Bonchev–Trinajstić information content (AvgIpc) is 3.60. The van der Waals surface area contributed by atoms with E-state index >= 15 is 8.78 Å². The van der Waals surface area contributed by atoms with E-state index < -0.39 is 90.9 Å². The molecule has 0 aliphatic heterocycles. The van der Waals surface area contributed by atoms with E-state index in [4.69, 9.17) is 26.3 Å². The smallest absolute Gasteiger partial charge is 0.237 e. The summed E-state index contributed by atoms with van der Waals surface area (Å²) < 4.78 is 61.5. The van der Waals surface area contributed by atoms with Gasteiger partial charge in [-0.05, 0) is 53.5 Å². The SMILES string of the molecule is [C-]#[N+]C1=C(c2cc(F)c([N+]#[C-])cc2F)/C(=C(/C#N)[N+]#[C-])c2c(C)c3c(c(F)c21)/C(=C(/C#N)[N+]#[C-])C(c1ccc(F)nc1C#N)=C3C#N. The van der Waals surface area contributed by atoms with E-state index in [0.29, 0.717) is 12.1 Å². The standard InChI is InChI=1S/C34H7F4N9/c1-14-25-17(10-39)27(15-6-7-24(37)47-21(15)11-40)30(23(13-42)45-4)31(25)33(38)32-26(14)29(22(12-41)44-3)28(34(32)46-5)16-8-19(36)20(43-2)9-18(16)35/h6-9H,1H3/b29-22-,30-23-. The van der Waals surface area contributed by atoms with Gasteiger partial charge in [-0.15, -0.1) is 0 Å². The Balaban J connectivity index is 2.06. The highest BCUT2D eigenvalue weighted by Gasteiger charge is 2.43. The fourth-order valence-electron chi connectivity index (χ4n) is 5.71. The molecular formula is C34H7F4N9. The minimum Gasteiger partial charge on any atom is -0.237 e. The van der Waals surface area contributed by atoms with Crippen LogP contribution >= 0.6 is 0 Å². The number of pyridine rings is 1. The molecule has 1 aromatic heterocycles. The van der Waals surface area contributed by atoms with E-state index in [1.165, 1.54) is 6.92 Å². The largest absolute Gasteiger partial charge is 0.270 e. The number of halogens is 4. The second-order valence-corrected chi connectivity index (χ2v) is 9.57. The Kier molecular flexibility index (Phi) is 7.41. The van der Waals surface area contributed by atoms with Crippen LogP contribution in [0.5, 0.6) is 0 Å². The molecule has 0 fully saturated rings. The van der Waals surface area contributed by atoms with Crippen LogP contribution in [0.3, 0.4) is 0 Å². The summed E-state index contributed by atoms with van der Waals surface area (Å²) in [6.45, 7) is 31.6. The number of rotatable bonds is 2. The Morgan fingerprint density at radius 3 is 1.89 bits per heavy atom. The third kappa shape index (κ3) is 4.20. The van der Waals surface area contributed by atoms with Crippen LogP contribution in [0.15, 0.2) is 35.7 Å². The molecule has 0 radical (unpaired) electrons. The predicted molar refractivity (Wildman–Crippen MR) is 157 cm³/mol. The fourth-order valence-corrected chi connectivity index (χ4v) is 5.71. The average molecular weight is 617 g/mol. The summed E-state index contributed by atoms with van der Waals surface area (Å²) in [7, 11) is 0. The molecule has 1 heterocycles. The van der Waals surface area contributed by atoms with E-state index in [0.717, 1.165) is 12.1 Å². The van der Waals surface area contributed by atoms with Gasteiger partial charge in [0.1, 0.15) is 29.6 Å². The number of nitrogens with zero attached hydrogens (tertiary/aromatic N) is 9. The lowest BCUT2D eigenvalue weighted by Gasteiger charge is -2.17. The van der Waals surface area contributed by atoms with E-state index in [9.17, 15) is 29.8 Å². The number of nitriles is 4. The molecule has 3 aromatic rings. The summed E-state index contributed by atoms with van der Waals surface area (Å²) in [6.07, 6.45) is 0. The van der Waals surface area contributed by atoms with Crippen molar-refractivity contribution < 1.29 is 17.6 Å². The third-order valence-corrected chi connectivity index (χ3v) is 7.46. The van der Waals surface area contributed by atoms with Crippen molar-refractivity contribution in [2.75, 3.05) is 0 Å². The molecule has 0 saturated carbocycles. The van der Waals surface area contributed by atoms with Crippen LogP contribution in [-0.4, -0.2) is 4.98 Å². The highest BCUT2D eigenvalue weighted by atomic mass is 19.1. The van der Waals surface area contributed by atoms with Crippen molar-refractivity contribution in [3.8, 4) is 24.3 Å². The molecule has 0 spiro atoms. The van der Waals surface area contributed by atoms with Gasteiger partial charge in [0, 0.05) is 39.0 Å². The Morgan fingerprint density at radius 2 is 1.36 bits per heavy atom. The Bertz CT molecular complexity index is 2520. The first-order valence-electron chi connectivity index (χ1n) is 12.7. The van der Waals surface area contributed by atoms with Crippen molar-refractivity contribution in [2.45, 2.75) is 6.92 Å². The lowest BCUT2D eigenvalue weighted by atomic mass is 9.87. The van der Waals surface area contributed by atoms with Gasteiger partial charge < -0.3 is 0 Å². The quantitative estimate of drug-likeness (QED) is 0.125. The zero-order chi connectivity index (χ0) is 34.3. The molecule has 2 aromatic carbocycles. The Morgan fingerprint density at radius 1 is 0.723 bits per heavy atom. The lowest BCUT2D eigenvalue weighted by Crippen LogP contribution is -2.04. The van der Waals surface area contributed by atoms with Crippen LogP contribution in [-0.2, 0) is 0 Å². The highest BCUT2D eigenvalue weighted by molar-refractivity contribution is 6.30. The minimum atomic E-state index is -1.32. The molecule has 9 nitrogen and oxygen atoms in total. The number of hydrogen-bond acceptors (Lipinski definition) is 5. The normalized spacial score (nSPS) is 14.7. The van der Waals surface area contributed by atoms with Crippen LogP contribution in [0.25, 0.3) is 52.9 Å². The van der Waals surface area contributed by atoms with Gasteiger partial charge in [0.15, 0.2) is 5.69 Å². The topological polar surface area (TPSA) is 125 Å². The first-order valence-corrected chi connectivity index (χ1v) is 12.7. The van der Waals surface area contributed by atoms with Gasteiger partial charge in [0.25, 0.3) is 11.4 Å². The van der Waals surface area contributed by atoms with Crippen molar-refractivity contribution in [1.29, 1.82) is 21.0 Å². The van der Waals surface area contributed by atoms with E-state index in [-0.39, 0.29) is 27.8 Å². The van der Waals surface area contributed by atoms with E-state index in [1.807, 2.05) is 6.07 Å². The van der Waals surface area contributed by atoms with Crippen LogP contribution in [0, 0.1) is 102 Å². The number of aromatic nitrogens is 1. The Hall–Kier alpha value is -7.81. The van der Waals surface area contributed by atoms with Gasteiger partial charge in [-0.25, -0.2) is 48.1 Å². The molecule has 0 unspecified atom stereocenters. The summed E-state index contributed by atoms with van der Waals surface area (Å²) in [6, 6.07) is 9.84. The number of fused-ring (bicyclic) bond motifs is 2. The summed E-state index contributed by atoms with van der Waals surface area (Å²) in [5.74, 6) is -4.81. The van der Waals surface area contributed by atoms with Crippen LogP contribution < -0.4 is 0 Å². The second kappa shape index (κ2) is 11.4.